The molecule has 0 saturated carbocycles. The number of carbonyl (C=O) groups excluding carboxylic acids is 2. The molecular formula is C20H20BrClN2O2. The van der Waals surface area contributed by atoms with E-state index in [1.165, 1.54) is 0 Å². The third-order valence-electron chi connectivity index (χ3n) is 4.73. The van der Waals surface area contributed by atoms with E-state index in [4.69, 9.17) is 11.6 Å². The topological polar surface area (TPSA) is 49.4 Å². The van der Waals surface area contributed by atoms with E-state index in [-0.39, 0.29) is 24.2 Å². The molecule has 1 saturated heterocycles. The van der Waals surface area contributed by atoms with Gasteiger partial charge in [0.2, 0.25) is 11.8 Å². The Morgan fingerprint density at radius 1 is 1.19 bits per heavy atom. The van der Waals surface area contributed by atoms with Crippen LogP contribution in [-0.4, -0.2) is 18.4 Å². The van der Waals surface area contributed by atoms with Gasteiger partial charge >= 0.3 is 0 Å². The molecule has 1 heterocycles. The van der Waals surface area contributed by atoms with Crippen molar-refractivity contribution in [2.75, 3.05) is 16.8 Å². The van der Waals surface area contributed by atoms with Crippen molar-refractivity contribution in [3.63, 3.8) is 0 Å². The van der Waals surface area contributed by atoms with Crippen LogP contribution in [0.1, 0.15) is 23.1 Å². The van der Waals surface area contributed by atoms with Crippen LogP contribution in [0.4, 0.5) is 11.4 Å². The van der Waals surface area contributed by atoms with Gasteiger partial charge in [0.15, 0.2) is 0 Å². The highest BCUT2D eigenvalue weighted by molar-refractivity contribution is 9.10. The fourth-order valence-corrected chi connectivity index (χ4v) is 3.97. The first-order chi connectivity index (χ1) is 12.3. The highest BCUT2D eigenvalue weighted by Gasteiger charge is 2.36. The first-order valence-corrected chi connectivity index (χ1v) is 9.58. The summed E-state index contributed by atoms with van der Waals surface area (Å²) in [6.07, 6.45) is 0.211. The lowest BCUT2D eigenvalue weighted by atomic mass is 10.1. The van der Waals surface area contributed by atoms with Gasteiger partial charge in [0.05, 0.1) is 10.9 Å². The van der Waals surface area contributed by atoms with Crippen LogP contribution in [0.5, 0.6) is 0 Å². The van der Waals surface area contributed by atoms with E-state index in [1.54, 1.807) is 11.0 Å². The lowest BCUT2D eigenvalue weighted by Crippen LogP contribution is -2.29. The van der Waals surface area contributed by atoms with Crippen molar-refractivity contribution in [1.82, 2.24) is 0 Å². The second-order valence-electron chi connectivity index (χ2n) is 6.72. The highest BCUT2D eigenvalue weighted by Crippen LogP contribution is 2.33. The summed E-state index contributed by atoms with van der Waals surface area (Å²) < 4.78 is 0.784. The number of carbonyl (C=O) groups is 2. The lowest BCUT2D eigenvalue weighted by molar-refractivity contribution is -0.122. The van der Waals surface area contributed by atoms with Gasteiger partial charge in [0, 0.05) is 28.8 Å². The van der Waals surface area contributed by atoms with Gasteiger partial charge in [0.25, 0.3) is 0 Å². The van der Waals surface area contributed by atoms with E-state index in [2.05, 4.69) is 21.2 Å². The molecule has 26 heavy (non-hydrogen) atoms. The number of rotatable bonds is 3. The van der Waals surface area contributed by atoms with Gasteiger partial charge in [-0.2, -0.15) is 0 Å². The molecule has 0 unspecified atom stereocenters. The van der Waals surface area contributed by atoms with Crippen LogP contribution in [0.25, 0.3) is 0 Å². The van der Waals surface area contributed by atoms with E-state index in [0.29, 0.717) is 17.3 Å². The van der Waals surface area contributed by atoms with Gasteiger partial charge in [0.1, 0.15) is 0 Å². The first kappa shape index (κ1) is 18.9. The van der Waals surface area contributed by atoms with Crippen molar-refractivity contribution in [1.29, 1.82) is 0 Å². The predicted octanol–water partition coefficient (Wildman–Crippen LogP) is 5.02. The molecule has 2 aromatic carbocycles. The first-order valence-electron chi connectivity index (χ1n) is 8.41. The molecule has 1 aliphatic rings. The van der Waals surface area contributed by atoms with Crippen LogP contribution >= 0.6 is 27.5 Å². The molecule has 0 aliphatic carbocycles. The molecule has 136 valence electrons. The molecule has 1 aliphatic heterocycles. The van der Waals surface area contributed by atoms with E-state index < -0.39 is 0 Å². The maximum Gasteiger partial charge on any atom is 0.229 e. The number of nitrogens with zero attached hydrogens (tertiary/aromatic N) is 1. The average molecular weight is 436 g/mol. The number of amides is 2. The highest BCUT2D eigenvalue weighted by atomic mass is 79.9. The van der Waals surface area contributed by atoms with Gasteiger partial charge in [-0.15, -0.1) is 0 Å². The van der Waals surface area contributed by atoms with Gasteiger partial charge in [-0.25, -0.2) is 0 Å². The summed E-state index contributed by atoms with van der Waals surface area (Å²) in [5.41, 5.74) is 4.56. The van der Waals surface area contributed by atoms with Crippen molar-refractivity contribution < 1.29 is 9.59 Å². The zero-order valence-corrected chi connectivity index (χ0v) is 17.2. The molecule has 0 aromatic heterocycles. The minimum Gasteiger partial charge on any atom is -0.325 e. The normalized spacial score (nSPS) is 16.9. The number of hydrogen-bond donors (Lipinski definition) is 1. The van der Waals surface area contributed by atoms with Gasteiger partial charge < -0.3 is 10.2 Å². The van der Waals surface area contributed by atoms with Crippen LogP contribution in [-0.2, 0) is 9.59 Å². The van der Waals surface area contributed by atoms with Crippen molar-refractivity contribution in [2.45, 2.75) is 27.2 Å². The number of halogens is 2. The fraction of sp³-hybridized carbons (Fsp3) is 0.300. The van der Waals surface area contributed by atoms with E-state index in [0.717, 1.165) is 26.9 Å². The average Bonchev–Trinajstić information content (AvgIpc) is 2.94. The number of hydrogen-bond acceptors (Lipinski definition) is 2. The second-order valence-corrected chi connectivity index (χ2v) is 7.98. The van der Waals surface area contributed by atoms with Crippen molar-refractivity contribution >= 4 is 50.7 Å². The minimum absolute atomic E-state index is 0.0203. The van der Waals surface area contributed by atoms with Crippen molar-refractivity contribution in [3.8, 4) is 0 Å². The van der Waals surface area contributed by atoms with Crippen molar-refractivity contribution in [3.05, 3.63) is 56.5 Å². The zero-order chi connectivity index (χ0) is 19.0. The largest absolute Gasteiger partial charge is 0.325 e. The van der Waals surface area contributed by atoms with E-state index in [1.807, 2.05) is 45.0 Å². The summed E-state index contributed by atoms with van der Waals surface area (Å²) in [6.45, 7) is 6.26. The quantitative estimate of drug-likeness (QED) is 0.736. The smallest absolute Gasteiger partial charge is 0.229 e. The number of nitrogens with one attached hydrogen (secondary N) is 1. The number of aryl methyl sites for hydroxylation is 3. The lowest BCUT2D eigenvalue weighted by Gasteiger charge is -2.21. The molecule has 6 heteroatoms. The van der Waals surface area contributed by atoms with E-state index in [9.17, 15) is 9.59 Å². The Labute approximate surface area is 166 Å². The molecule has 1 fully saturated rings. The van der Waals surface area contributed by atoms with Crippen LogP contribution in [0.3, 0.4) is 0 Å². The molecule has 0 bridgehead atoms. The number of benzene rings is 2. The maximum absolute atomic E-state index is 12.7. The SMILES string of the molecule is Cc1cc(Br)c(Cl)cc1NC(=O)[C@@H]1CC(=O)N(c2c(C)cccc2C)C1. The number of anilines is 2. The van der Waals surface area contributed by atoms with Gasteiger partial charge in [-0.3, -0.25) is 9.59 Å². The summed E-state index contributed by atoms with van der Waals surface area (Å²) in [7, 11) is 0. The summed E-state index contributed by atoms with van der Waals surface area (Å²) >= 11 is 9.50. The molecule has 1 N–H and O–H groups in total. The molecule has 0 spiro atoms. The molecule has 0 radical (unpaired) electrons. The summed E-state index contributed by atoms with van der Waals surface area (Å²) in [6, 6.07) is 9.52. The third-order valence-corrected chi connectivity index (χ3v) is 5.93. The Kier molecular flexibility index (Phi) is 5.39. The Morgan fingerprint density at radius 2 is 1.85 bits per heavy atom. The molecule has 4 nitrogen and oxygen atoms in total. The van der Waals surface area contributed by atoms with Gasteiger partial charge in [-0.1, -0.05) is 29.8 Å². The Hall–Kier alpha value is -1.85. The fourth-order valence-electron chi connectivity index (χ4n) is 3.35. The third kappa shape index (κ3) is 3.64. The van der Waals surface area contributed by atoms with Crippen LogP contribution in [0.2, 0.25) is 5.02 Å². The molecule has 3 rings (SSSR count). The maximum atomic E-state index is 12.7. The predicted molar refractivity (Wildman–Crippen MR) is 109 cm³/mol. The summed E-state index contributed by atoms with van der Waals surface area (Å²) in [5, 5.41) is 3.45. The molecule has 2 aromatic rings. The van der Waals surface area contributed by atoms with Gasteiger partial charge in [-0.05, 0) is 65.5 Å². The zero-order valence-electron chi connectivity index (χ0n) is 14.9. The number of para-hydroxylation sites is 1. The standard InChI is InChI=1S/C20H20BrClN2O2/c1-11-5-4-6-12(2)19(11)24-10-14(8-18(24)25)20(26)23-17-9-16(22)15(21)7-13(17)3/h4-7,9,14H,8,10H2,1-3H3,(H,23,26)/t14-/m1/s1. The Bertz CT molecular complexity index is 877. The van der Waals surface area contributed by atoms with Crippen LogP contribution in [0.15, 0.2) is 34.8 Å². The Morgan fingerprint density at radius 3 is 2.50 bits per heavy atom. The summed E-state index contributed by atoms with van der Waals surface area (Å²) in [4.78, 5) is 27.0. The molecular weight excluding hydrogens is 416 g/mol. The van der Waals surface area contributed by atoms with Crippen LogP contribution in [0, 0.1) is 26.7 Å². The molecule has 1 atom stereocenters. The van der Waals surface area contributed by atoms with Crippen LogP contribution < -0.4 is 10.2 Å². The monoisotopic (exact) mass is 434 g/mol. The second kappa shape index (κ2) is 7.41. The van der Waals surface area contributed by atoms with Crippen molar-refractivity contribution in [2.24, 2.45) is 5.92 Å². The van der Waals surface area contributed by atoms with E-state index >= 15 is 0 Å². The summed E-state index contributed by atoms with van der Waals surface area (Å²) in [5.74, 6) is -0.565. The Balaban J connectivity index is 1.79. The minimum atomic E-state index is -0.386. The molecule has 2 amide bonds.